The van der Waals surface area contributed by atoms with Crippen molar-refractivity contribution in [2.24, 2.45) is 0 Å². The lowest BCUT2D eigenvalue weighted by atomic mass is 10.1. The molecular weight excluding hydrogens is 167 g/mol. The monoisotopic (exact) mass is 182 g/mol. The predicted molar refractivity (Wildman–Crippen MR) is 49.1 cm³/mol. The molecule has 0 unspecified atom stereocenters. The molecule has 0 aromatic heterocycles. The summed E-state index contributed by atoms with van der Waals surface area (Å²) in [6.07, 6.45) is 4.79. The quantitative estimate of drug-likeness (QED) is 0.449. The summed E-state index contributed by atoms with van der Waals surface area (Å²) in [5.74, 6) is 0. The average Bonchev–Trinajstić information content (AvgIpc) is 1.88. The maximum Gasteiger partial charge on any atom is 0.0497 e. The zero-order valence-corrected chi connectivity index (χ0v) is 8.25. The largest absolute Gasteiger partial charge is 0.122 e. The highest BCUT2D eigenvalue weighted by atomic mass is 35.5. The Balaban J connectivity index is 3.13. The molecule has 0 aromatic carbocycles. The minimum absolute atomic E-state index is 0.110. The Morgan fingerprint density at radius 2 is 1.80 bits per heavy atom. The molecule has 0 rings (SSSR count). The van der Waals surface area contributed by atoms with Crippen LogP contribution >= 0.6 is 23.2 Å². The first-order valence-electron chi connectivity index (χ1n) is 3.96. The van der Waals surface area contributed by atoms with Gasteiger partial charge in [-0.1, -0.05) is 26.2 Å². The van der Waals surface area contributed by atoms with Gasteiger partial charge in [0.1, 0.15) is 0 Å². The first kappa shape index (κ1) is 10.6. The number of halogens is 2. The normalized spacial score (nSPS) is 16.8. The van der Waals surface area contributed by atoms with Gasteiger partial charge in [-0.25, -0.2) is 0 Å². The smallest absolute Gasteiger partial charge is 0.0497 e. The third-order valence-corrected chi connectivity index (χ3v) is 2.61. The van der Waals surface area contributed by atoms with Crippen molar-refractivity contribution in [2.75, 3.05) is 0 Å². The maximum atomic E-state index is 5.92. The average molecular weight is 183 g/mol. The fourth-order valence-corrected chi connectivity index (χ4v) is 1.10. The van der Waals surface area contributed by atoms with Gasteiger partial charge in [0, 0.05) is 10.8 Å². The first-order chi connectivity index (χ1) is 4.68. The summed E-state index contributed by atoms with van der Waals surface area (Å²) in [5, 5.41) is 0.270. The lowest BCUT2D eigenvalue weighted by molar-refractivity contribution is 0.634. The van der Waals surface area contributed by atoms with E-state index >= 15 is 0 Å². The molecule has 2 atom stereocenters. The van der Waals surface area contributed by atoms with Crippen LogP contribution in [0.2, 0.25) is 0 Å². The summed E-state index contributed by atoms with van der Waals surface area (Å²) in [7, 11) is 0. The van der Waals surface area contributed by atoms with E-state index in [1.807, 2.05) is 6.92 Å². The summed E-state index contributed by atoms with van der Waals surface area (Å²) in [4.78, 5) is 0. The molecule has 0 saturated heterocycles. The van der Waals surface area contributed by atoms with Crippen LogP contribution in [-0.4, -0.2) is 10.8 Å². The topological polar surface area (TPSA) is 0 Å². The van der Waals surface area contributed by atoms with Crippen molar-refractivity contribution in [3.63, 3.8) is 0 Å². The summed E-state index contributed by atoms with van der Waals surface area (Å²) < 4.78 is 0. The van der Waals surface area contributed by atoms with E-state index in [9.17, 15) is 0 Å². The number of rotatable bonds is 5. The Kier molecular flexibility index (Phi) is 6.67. The van der Waals surface area contributed by atoms with E-state index in [4.69, 9.17) is 23.2 Å². The van der Waals surface area contributed by atoms with Crippen LogP contribution in [0.4, 0.5) is 0 Å². The maximum absolute atomic E-state index is 5.92. The van der Waals surface area contributed by atoms with E-state index in [1.54, 1.807) is 0 Å². The third-order valence-electron chi connectivity index (χ3n) is 1.58. The highest BCUT2D eigenvalue weighted by molar-refractivity contribution is 6.29. The van der Waals surface area contributed by atoms with Gasteiger partial charge in [0.15, 0.2) is 0 Å². The molecule has 0 amide bonds. The van der Waals surface area contributed by atoms with Crippen LogP contribution in [0.5, 0.6) is 0 Å². The predicted octanol–water partition coefficient (Wildman–Crippen LogP) is 3.80. The van der Waals surface area contributed by atoms with E-state index < -0.39 is 0 Å². The fourth-order valence-electron chi connectivity index (χ4n) is 0.819. The number of hydrogen-bond acceptors (Lipinski definition) is 0. The molecule has 0 fully saturated rings. The van der Waals surface area contributed by atoms with Crippen LogP contribution in [0.3, 0.4) is 0 Å². The van der Waals surface area contributed by atoms with Gasteiger partial charge in [0.05, 0.1) is 0 Å². The van der Waals surface area contributed by atoms with E-state index in [1.165, 1.54) is 19.3 Å². The molecule has 0 aliphatic rings. The molecule has 0 saturated carbocycles. The highest BCUT2D eigenvalue weighted by Crippen LogP contribution is 2.16. The second-order valence-corrected chi connectivity index (χ2v) is 3.94. The van der Waals surface area contributed by atoms with Gasteiger partial charge in [-0.3, -0.25) is 0 Å². The van der Waals surface area contributed by atoms with Crippen LogP contribution < -0.4 is 0 Å². The van der Waals surface area contributed by atoms with Crippen molar-refractivity contribution in [3.05, 3.63) is 0 Å². The number of unbranched alkanes of at least 4 members (excludes halogenated alkanes) is 2. The fraction of sp³-hybridized carbons (Fsp3) is 1.00. The molecule has 2 heteroatoms. The molecule has 0 radical (unpaired) electrons. The van der Waals surface area contributed by atoms with Crippen molar-refractivity contribution < 1.29 is 0 Å². The Morgan fingerprint density at radius 3 is 2.20 bits per heavy atom. The van der Waals surface area contributed by atoms with Crippen molar-refractivity contribution in [2.45, 2.75) is 50.3 Å². The molecular formula is C8H16Cl2. The van der Waals surface area contributed by atoms with Gasteiger partial charge in [-0.15, -0.1) is 23.2 Å². The minimum atomic E-state index is 0.110. The van der Waals surface area contributed by atoms with Crippen LogP contribution in [0, 0.1) is 0 Å². The second-order valence-electron chi connectivity index (χ2n) is 2.69. The van der Waals surface area contributed by atoms with Crippen molar-refractivity contribution >= 4 is 23.2 Å². The molecule has 0 spiro atoms. The molecule has 0 bridgehead atoms. The van der Waals surface area contributed by atoms with Gasteiger partial charge in [0.25, 0.3) is 0 Å². The molecule has 0 aliphatic heterocycles. The summed E-state index contributed by atoms with van der Waals surface area (Å²) in [5.41, 5.74) is 0. The Hall–Kier alpha value is 0.580. The van der Waals surface area contributed by atoms with Gasteiger partial charge >= 0.3 is 0 Å². The zero-order chi connectivity index (χ0) is 7.98. The lowest BCUT2D eigenvalue weighted by Crippen LogP contribution is -2.10. The van der Waals surface area contributed by atoms with E-state index in [-0.39, 0.29) is 10.8 Å². The van der Waals surface area contributed by atoms with E-state index in [0.717, 1.165) is 6.42 Å². The minimum Gasteiger partial charge on any atom is -0.122 e. The van der Waals surface area contributed by atoms with Crippen LogP contribution in [0.15, 0.2) is 0 Å². The molecule has 0 heterocycles. The molecule has 62 valence electrons. The first-order valence-corrected chi connectivity index (χ1v) is 4.84. The molecule has 0 aliphatic carbocycles. The lowest BCUT2D eigenvalue weighted by Gasteiger charge is -2.09. The number of alkyl halides is 2. The molecule has 10 heavy (non-hydrogen) atoms. The second kappa shape index (κ2) is 6.30. The van der Waals surface area contributed by atoms with Crippen molar-refractivity contribution in [1.29, 1.82) is 0 Å². The Bertz CT molecular complexity index is 71.7. The Labute approximate surface area is 73.9 Å². The standard InChI is InChI=1S/C8H16Cl2/c1-3-4-5-6-8(10)7(2)9/h7-8H,3-6H2,1-2H3/t7-,8+/m0/s1. The van der Waals surface area contributed by atoms with Gasteiger partial charge in [-0.05, 0) is 13.3 Å². The Morgan fingerprint density at radius 1 is 1.20 bits per heavy atom. The van der Waals surface area contributed by atoms with Crippen LogP contribution in [0.1, 0.15) is 39.5 Å². The van der Waals surface area contributed by atoms with Crippen LogP contribution in [0.25, 0.3) is 0 Å². The third kappa shape index (κ3) is 5.37. The molecule has 0 aromatic rings. The summed E-state index contributed by atoms with van der Waals surface area (Å²) >= 11 is 11.7. The SMILES string of the molecule is CCCCC[C@@H](Cl)[C@H](C)Cl. The van der Waals surface area contributed by atoms with Gasteiger partial charge < -0.3 is 0 Å². The van der Waals surface area contributed by atoms with Gasteiger partial charge in [-0.2, -0.15) is 0 Å². The van der Waals surface area contributed by atoms with E-state index in [0.29, 0.717) is 0 Å². The van der Waals surface area contributed by atoms with Crippen molar-refractivity contribution in [1.82, 2.24) is 0 Å². The highest BCUT2D eigenvalue weighted by Gasteiger charge is 2.09. The van der Waals surface area contributed by atoms with E-state index in [2.05, 4.69) is 6.92 Å². The van der Waals surface area contributed by atoms with Gasteiger partial charge in [0.2, 0.25) is 0 Å². The van der Waals surface area contributed by atoms with Crippen LogP contribution in [-0.2, 0) is 0 Å². The zero-order valence-electron chi connectivity index (χ0n) is 6.74. The summed E-state index contributed by atoms with van der Waals surface area (Å²) in [6.45, 7) is 4.14. The van der Waals surface area contributed by atoms with Crippen molar-refractivity contribution in [3.8, 4) is 0 Å². The molecule has 0 nitrogen and oxygen atoms in total. The summed E-state index contributed by atoms with van der Waals surface area (Å²) in [6, 6.07) is 0. The number of hydrogen-bond donors (Lipinski definition) is 0. The molecule has 0 N–H and O–H groups in total.